The fourth-order valence-corrected chi connectivity index (χ4v) is 5.08. The molecule has 2 aromatic rings. The first-order chi connectivity index (χ1) is 17.7. The highest BCUT2D eigenvalue weighted by molar-refractivity contribution is 5.93. The van der Waals surface area contributed by atoms with Crippen molar-refractivity contribution in [3.63, 3.8) is 0 Å². The van der Waals surface area contributed by atoms with Crippen LogP contribution in [-0.4, -0.2) is 60.1 Å². The van der Waals surface area contributed by atoms with Crippen LogP contribution >= 0.6 is 0 Å². The number of benzene rings is 2. The van der Waals surface area contributed by atoms with Gasteiger partial charge in [-0.05, 0) is 87.1 Å². The van der Waals surface area contributed by atoms with Gasteiger partial charge in [-0.15, -0.1) is 0 Å². The van der Waals surface area contributed by atoms with E-state index in [4.69, 9.17) is 4.74 Å². The molecule has 0 bridgehead atoms. The van der Waals surface area contributed by atoms with Gasteiger partial charge in [0.25, 0.3) is 0 Å². The predicted molar refractivity (Wildman–Crippen MR) is 134 cm³/mol. The number of anilines is 1. The Morgan fingerprint density at radius 1 is 1.05 bits per heavy atom. The average Bonchev–Trinajstić information content (AvgIpc) is 3.17. The van der Waals surface area contributed by atoms with Crippen molar-refractivity contribution in [2.45, 2.75) is 51.2 Å². The van der Waals surface area contributed by atoms with Crippen molar-refractivity contribution in [1.82, 2.24) is 15.1 Å². The van der Waals surface area contributed by atoms with Gasteiger partial charge in [0.15, 0.2) is 11.6 Å². The quantitative estimate of drug-likeness (QED) is 0.519. The number of likely N-dealkylation sites (tertiary alicyclic amines) is 1. The zero-order chi connectivity index (χ0) is 26.5. The summed E-state index contributed by atoms with van der Waals surface area (Å²) in [7, 11) is 0. The van der Waals surface area contributed by atoms with Crippen molar-refractivity contribution < 1.29 is 27.9 Å². The molecule has 0 aliphatic carbocycles. The largest absolute Gasteiger partial charge is 0.443 e. The molecule has 2 atom stereocenters. The Morgan fingerprint density at radius 2 is 1.81 bits per heavy atom. The van der Waals surface area contributed by atoms with Crippen LogP contribution in [0.25, 0.3) is 0 Å². The molecular weight excluding hydrogens is 482 g/mol. The first kappa shape index (κ1) is 26.5. The first-order valence-electron chi connectivity index (χ1n) is 12.6. The van der Waals surface area contributed by atoms with Crippen molar-refractivity contribution in [1.29, 1.82) is 0 Å². The van der Waals surface area contributed by atoms with Gasteiger partial charge in [0.05, 0.1) is 0 Å². The number of carbonyl (C=O) groups is 3. The fourth-order valence-electron chi connectivity index (χ4n) is 5.08. The van der Waals surface area contributed by atoms with Gasteiger partial charge in [-0.25, -0.2) is 23.3 Å². The normalized spacial score (nSPS) is 20.5. The minimum absolute atomic E-state index is 0.0879. The molecule has 2 fully saturated rings. The van der Waals surface area contributed by atoms with Gasteiger partial charge in [-0.2, -0.15) is 0 Å². The van der Waals surface area contributed by atoms with Crippen molar-refractivity contribution in [2.75, 3.05) is 31.5 Å². The van der Waals surface area contributed by atoms with E-state index in [1.807, 2.05) is 18.2 Å². The van der Waals surface area contributed by atoms with E-state index in [2.05, 4.69) is 21.6 Å². The Kier molecular flexibility index (Phi) is 8.38. The highest BCUT2D eigenvalue weighted by Crippen LogP contribution is 2.34. The number of nitrogens with one attached hydrogen (secondary N) is 2. The zero-order valence-electron chi connectivity index (χ0n) is 21.0. The van der Waals surface area contributed by atoms with E-state index in [1.54, 1.807) is 6.92 Å². The summed E-state index contributed by atoms with van der Waals surface area (Å²) in [6, 6.07) is 9.82. The van der Waals surface area contributed by atoms with Crippen LogP contribution in [0.15, 0.2) is 42.5 Å². The van der Waals surface area contributed by atoms with Gasteiger partial charge >= 0.3 is 12.1 Å². The maximum Gasteiger partial charge on any atom is 0.419 e. The molecule has 0 spiro atoms. The van der Waals surface area contributed by atoms with Crippen LogP contribution in [0.5, 0.6) is 0 Å². The SMILES string of the molecule is CC(=O)Nc1cccc(C2CCN(CCCNC(=O)N3C(=O)OC(C)C3c3ccc(F)c(F)c3)CC2)c1. The number of amides is 4. The summed E-state index contributed by atoms with van der Waals surface area (Å²) < 4.78 is 32.3. The summed E-state index contributed by atoms with van der Waals surface area (Å²) in [5, 5.41) is 5.58. The molecule has 2 aliphatic rings. The van der Waals surface area contributed by atoms with E-state index >= 15 is 0 Å². The Bertz CT molecular complexity index is 1150. The molecule has 8 nitrogen and oxygen atoms in total. The topological polar surface area (TPSA) is 91.0 Å². The van der Waals surface area contributed by atoms with E-state index in [0.29, 0.717) is 18.9 Å². The van der Waals surface area contributed by atoms with Gasteiger partial charge in [-0.3, -0.25) is 4.79 Å². The molecule has 0 aromatic heterocycles. The second kappa shape index (κ2) is 11.7. The third kappa shape index (κ3) is 6.43. The molecule has 4 rings (SSSR count). The molecule has 198 valence electrons. The molecule has 2 aromatic carbocycles. The van der Waals surface area contributed by atoms with Crippen molar-refractivity contribution >= 4 is 23.7 Å². The molecule has 2 aliphatic heterocycles. The number of piperidine rings is 1. The summed E-state index contributed by atoms with van der Waals surface area (Å²) in [5.74, 6) is -1.70. The fraction of sp³-hybridized carbons (Fsp3) is 0.444. The van der Waals surface area contributed by atoms with E-state index in [1.165, 1.54) is 18.6 Å². The molecule has 2 unspecified atom stereocenters. The Balaban J connectivity index is 1.23. The average molecular weight is 515 g/mol. The molecule has 10 heteroatoms. The monoisotopic (exact) mass is 514 g/mol. The second-order valence-electron chi connectivity index (χ2n) is 9.59. The molecule has 2 N–H and O–H groups in total. The van der Waals surface area contributed by atoms with E-state index in [9.17, 15) is 23.2 Å². The number of rotatable bonds is 7. The number of halogens is 2. The number of cyclic esters (lactones) is 1. The van der Waals surface area contributed by atoms with Gasteiger partial charge < -0.3 is 20.3 Å². The third-order valence-electron chi connectivity index (χ3n) is 6.90. The van der Waals surface area contributed by atoms with Crippen LogP contribution in [0.2, 0.25) is 0 Å². The number of ether oxygens (including phenoxy) is 1. The van der Waals surface area contributed by atoms with Crippen molar-refractivity contribution in [2.24, 2.45) is 0 Å². The summed E-state index contributed by atoms with van der Waals surface area (Å²) in [5.41, 5.74) is 2.32. The molecular formula is C27H32F2N4O4. The van der Waals surface area contributed by atoms with Gasteiger partial charge in [0.2, 0.25) is 5.91 Å². The highest BCUT2D eigenvalue weighted by Gasteiger charge is 2.44. The van der Waals surface area contributed by atoms with Crippen molar-refractivity contribution in [3.8, 4) is 0 Å². The predicted octanol–water partition coefficient (Wildman–Crippen LogP) is 4.78. The summed E-state index contributed by atoms with van der Waals surface area (Å²) >= 11 is 0. The van der Waals surface area contributed by atoms with Gasteiger partial charge in [0.1, 0.15) is 12.1 Å². The van der Waals surface area contributed by atoms with Crippen LogP contribution < -0.4 is 10.6 Å². The standard InChI is InChI=1S/C27H32F2N4O4/c1-17-25(21-7-8-23(28)24(29)16-21)33(27(36)37-17)26(35)30-11-4-12-32-13-9-19(10-14-32)20-5-3-6-22(15-20)31-18(2)34/h3,5-8,15-17,19,25H,4,9-14H2,1-2H3,(H,30,35)(H,31,34). The smallest absolute Gasteiger partial charge is 0.419 e. The molecule has 37 heavy (non-hydrogen) atoms. The summed E-state index contributed by atoms with van der Waals surface area (Å²) in [6.45, 7) is 6.12. The lowest BCUT2D eigenvalue weighted by molar-refractivity contribution is -0.114. The van der Waals surface area contributed by atoms with Crippen LogP contribution in [0.4, 0.5) is 24.1 Å². The van der Waals surface area contributed by atoms with Crippen LogP contribution in [0, 0.1) is 11.6 Å². The van der Waals surface area contributed by atoms with Gasteiger partial charge in [-0.1, -0.05) is 18.2 Å². The van der Waals surface area contributed by atoms with Crippen LogP contribution in [0.1, 0.15) is 56.2 Å². The molecule has 0 radical (unpaired) electrons. The van der Waals surface area contributed by atoms with Crippen LogP contribution in [0.3, 0.4) is 0 Å². The lowest BCUT2D eigenvalue weighted by atomic mass is 9.89. The number of carbonyl (C=O) groups excluding carboxylic acids is 3. The molecule has 2 saturated heterocycles. The molecule has 2 heterocycles. The van der Waals surface area contributed by atoms with Crippen LogP contribution in [-0.2, 0) is 9.53 Å². The second-order valence-corrected chi connectivity index (χ2v) is 9.59. The van der Waals surface area contributed by atoms with Crippen molar-refractivity contribution in [3.05, 3.63) is 65.2 Å². The molecule has 4 amide bonds. The Labute approximate surface area is 214 Å². The minimum Gasteiger partial charge on any atom is -0.443 e. The van der Waals surface area contributed by atoms with Gasteiger partial charge in [0, 0.05) is 19.2 Å². The Hall–Kier alpha value is -3.53. The number of urea groups is 1. The zero-order valence-corrected chi connectivity index (χ0v) is 21.0. The minimum atomic E-state index is -1.05. The maximum atomic E-state index is 13.8. The number of hydrogen-bond donors (Lipinski definition) is 2. The Morgan fingerprint density at radius 3 is 2.51 bits per heavy atom. The number of nitrogens with zero attached hydrogens (tertiary/aromatic N) is 2. The highest BCUT2D eigenvalue weighted by atomic mass is 19.2. The summed E-state index contributed by atoms with van der Waals surface area (Å²) in [4.78, 5) is 39.7. The third-order valence-corrected chi connectivity index (χ3v) is 6.90. The van der Waals surface area contributed by atoms with E-state index in [-0.39, 0.29) is 11.5 Å². The summed E-state index contributed by atoms with van der Waals surface area (Å²) in [6.07, 6.45) is 1.20. The lowest BCUT2D eigenvalue weighted by Crippen LogP contribution is -2.43. The maximum absolute atomic E-state index is 13.8. The lowest BCUT2D eigenvalue weighted by Gasteiger charge is -2.32. The number of hydrogen-bond acceptors (Lipinski definition) is 5. The first-order valence-corrected chi connectivity index (χ1v) is 12.6. The molecule has 0 saturated carbocycles. The van der Waals surface area contributed by atoms with E-state index < -0.39 is 35.9 Å². The van der Waals surface area contributed by atoms with E-state index in [0.717, 1.165) is 55.2 Å². The number of imide groups is 1.